The summed E-state index contributed by atoms with van der Waals surface area (Å²) in [4.78, 5) is 30.1. The highest BCUT2D eigenvalue weighted by atomic mass is 19.1. The average molecular weight is 412 g/mol. The molecule has 1 spiro atoms. The van der Waals surface area contributed by atoms with Crippen molar-refractivity contribution in [1.82, 2.24) is 9.80 Å². The standard InChI is InChI=1S/C23H25FN2O4/c1-25(2)22(28)19-13-26(11-12-29-17-9-7-16(24)8-10-17)14-23(19)15-30-20-6-4-3-5-18(20)21(23)27/h3-10,19H,11-15H2,1-2H3/t19-,23-/m1/s1. The predicted octanol–water partition coefficient (Wildman–Crippen LogP) is 2.49. The van der Waals surface area contributed by atoms with Crippen molar-refractivity contribution in [2.45, 2.75) is 0 Å². The minimum atomic E-state index is -0.911. The molecule has 0 saturated carbocycles. The Balaban J connectivity index is 1.51. The molecule has 2 atom stereocenters. The number of ether oxygens (including phenoxy) is 2. The SMILES string of the molecule is CN(C)C(=O)[C@H]1CN(CCOc2ccc(F)cc2)C[C@@]12COc1ccccc1C2=O. The van der Waals surface area contributed by atoms with E-state index in [1.165, 1.54) is 12.1 Å². The summed E-state index contributed by atoms with van der Waals surface area (Å²) in [6, 6.07) is 13.0. The fraction of sp³-hybridized carbons (Fsp3) is 0.391. The zero-order chi connectivity index (χ0) is 21.3. The molecule has 30 heavy (non-hydrogen) atoms. The Bertz CT molecular complexity index is 946. The van der Waals surface area contributed by atoms with E-state index in [0.29, 0.717) is 43.3 Å². The summed E-state index contributed by atoms with van der Waals surface area (Å²) in [7, 11) is 3.41. The number of carbonyl (C=O) groups is 2. The second-order valence-corrected chi connectivity index (χ2v) is 8.09. The first-order chi connectivity index (χ1) is 14.4. The number of nitrogens with zero attached hydrogens (tertiary/aromatic N) is 2. The van der Waals surface area contributed by atoms with Crippen LogP contribution in [0.4, 0.5) is 4.39 Å². The Labute approximate surface area is 175 Å². The van der Waals surface area contributed by atoms with Gasteiger partial charge in [-0.2, -0.15) is 0 Å². The number of rotatable bonds is 5. The highest BCUT2D eigenvalue weighted by molar-refractivity contribution is 6.06. The summed E-state index contributed by atoms with van der Waals surface area (Å²) in [5.74, 6) is 0.239. The maximum Gasteiger partial charge on any atom is 0.227 e. The van der Waals surface area contributed by atoms with Gasteiger partial charge in [0.2, 0.25) is 5.91 Å². The van der Waals surface area contributed by atoms with Crippen LogP contribution in [-0.4, -0.2) is 68.4 Å². The van der Waals surface area contributed by atoms with Crippen LogP contribution in [-0.2, 0) is 4.79 Å². The summed E-state index contributed by atoms with van der Waals surface area (Å²) >= 11 is 0. The minimum Gasteiger partial charge on any atom is -0.492 e. The lowest BCUT2D eigenvalue weighted by Crippen LogP contribution is -2.51. The molecule has 2 aromatic rings. The lowest BCUT2D eigenvalue weighted by Gasteiger charge is -2.37. The molecule has 0 bridgehead atoms. The Kier molecular flexibility index (Phi) is 5.47. The molecule has 2 heterocycles. The molecule has 0 aromatic heterocycles. The molecule has 1 amide bonds. The van der Waals surface area contributed by atoms with E-state index >= 15 is 0 Å². The van der Waals surface area contributed by atoms with Crippen LogP contribution in [0.2, 0.25) is 0 Å². The van der Waals surface area contributed by atoms with E-state index in [1.807, 2.05) is 12.1 Å². The van der Waals surface area contributed by atoms with Gasteiger partial charge in [0.25, 0.3) is 0 Å². The van der Waals surface area contributed by atoms with Crippen molar-refractivity contribution in [2.75, 3.05) is 46.9 Å². The van der Waals surface area contributed by atoms with Gasteiger partial charge in [-0.3, -0.25) is 14.5 Å². The van der Waals surface area contributed by atoms with Gasteiger partial charge in [-0.15, -0.1) is 0 Å². The Morgan fingerprint density at radius 2 is 1.97 bits per heavy atom. The molecule has 1 fully saturated rings. The van der Waals surface area contributed by atoms with Crippen molar-refractivity contribution < 1.29 is 23.5 Å². The molecule has 6 nitrogen and oxygen atoms in total. The normalized spacial score (nSPS) is 23.2. The lowest BCUT2D eigenvalue weighted by atomic mass is 9.71. The minimum absolute atomic E-state index is 0.0356. The number of halogens is 1. The lowest BCUT2D eigenvalue weighted by molar-refractivity contribution is -0.135. The van der Waals surface area contributed by atoms with Gasteiger partial charge in [0.05, 0.1) is 16.9 Å². The first-order valence-electron chi connectivity index (χ1n) is 9.99. The Morgan fingerprint density at radius 1 is 1.23 bits per heavy atom. The van der Waals surface area contributed by atoms with Gasteiger partial charge in [0.15, 0.2) is 5.78 Å². The van der Waals surface area contributed by atoms with Crippen LogP contribution in [0, 0.1) is 17.2 Å². The summed E-state index contributed by atoms with van der Waals surface area (Å²) in [5.41, 5.74) is -0.379. The monoisotopic (exact) mass is 412 g/mol. The van der Waals surface area contributed by atoms with Gasteiger partial charge >= 0.3 is 0 Å². The molecule has 0 unspecified atom stereocenters. The molecule has 7 heteroatoms. The van der Waals surface area contributed by atoms with Crippen LogP contribution < -0.4 is 9.47 Å². The van der Waals surface area contributed by atoms with Crippen molar-refractivity contribution in [3.05, 3.63) is 59.9 Å². The van der Waals surface area contributed by atoms with E-state index in [9.17, 15) is 14.0 Å². The summed E-state index contributed by atoms with van der Waals surface area (Å²) in [6.07, 6.45) is 0. The molecule has 2 aliphatic heterocycles. The van der Waals surface area contributed by atoms with Crippen LogP contribution in [0.5, 0.6) is 11.5 Å². The molecule has 2 aromatic carbocycles. The van der Waals surface area contributed by atoms with Crippen LogP contribution >= 0.6 is 0 Å². The predicted molar refractivity (Wildman–Crippen MR) is 109 cm³/mol. The highest BCUT2D eigenvalue weighted by Gasteiger charge is 2.58. The maximum atomic E-state index is 13.5. The van der Waals surface area contributed by atoms with Crippen molar-refractivity contribution in [2.24, 2.45) is 11.3 Å². The van der Waals surface area contributed by atoms with E-state index in [1.54, 1.807) is 43.3 Å². The summed E-state index contributed by atoms with van der Waals surface area (Å²) < 4.78 is 24.7. The van der Waals surface area contributed by atoms with E-state index in [4.69, 9.17) is 9.47 Å². The molecule has 158 valence electrons. The van der Waals surface area contributed by atoms with Gasteiger partial charge in [-0.1, -0.05) is 12.1 Å². The number of Topliss-reactive ketones (excluding diaryl/α,β-unsaturated/α-hetero) is 1. The van der Waals surface area contributed by atoms with Gasteiger partial charge in [0.1, 0.15) is 30.5 Å². The highest BCUT2D eigenvalue weighted by Crippen LogP contribution is 2.45. The van der Waals surface area contributed by atoms with Crippen LogP contribution in [0.3, 0.4) is 0 Å². The fourth-order valence-electron chi connectivity index (χ4n) is 4.32. The molecule has 4 rings (SSSR count). The van der Waals surface area contributed by atoms with Gasteiger partial charge < -0.3 is 14.4 Å². The Morgan fingerprint density at radius 3 is 2.70 bits per heavy atom. The first-order valence-corrected chi connectivity index (χ1v) is 9.99. The summed E-state index contributed by atoms with van der Waals surface area (Å²) in [5, 5.41) is 0. The number of hydrogen-bond donors (Lipinski definition) is 0. The molecule has 0 N–H and O–H groups in total. The van der Waals surface area contributed by atoms with Gasteiger partial charge in [-0.05, 0) is 36.4 Å². The second-order valence-electron chi connectivity index (χ2n) is 8.09. The van der Waals surface area contributed by atoms with E-state index in [-0.39, 0.29) is 24.1 Å². The number of likely N-dealkylation sites (tertiary alicyclic amines) is 1. The van der Waals surface area contributed by atoms with Crippen LogP contribution in [0.25, 0.3) is 0 Å². The maximum absolute atomic E-state index is 13.5. The van der Waals surface area contributed by atoms with Crippen molar-refractivity contribution in [3.63, 3.8) is 0 Å². The number of benzene rings is 2. The molecular weight excluding hydrogens is 387 g/mol. The van der Waals surface area contributed by atoms with Crippen LogP contribution in [0.15, 0.2) is 48.5 Å². The summed E-state index contributed by atoms with van der Waals surface area (Å²) in [6.45, 7) is 1.99. The van der Waals surface area contributed by atoms with Gasteiger partial charge in [0, 0.05) is 33.7 Å². The number of carbonyl (C=O) groups excluding carboxylic acids is 2. The molecule has 0 radical (unpaired) electrons. The fourth-order valence-corrected chi connectivity index (χ4v) is 4.32. The third kappa shape index (κ3) is 3.65. The molecule has 1 saturated heterocycles. The number of para-hydroxylation sites is 1. The molecule has 0 aliphatic carbocycles. The largest absolute Gasteiger partial charge is 0.492 e. The smallest absolute Gasteiger partial charge is 0.227 e. The number of ketones is 1. The van der Waals surface area contributed by atoms with Crippen LogP contribution in [0.1, 0.15) is 10.4 Å². The third-order valence-electron chi connectivity index (χ3n) is 5.91. The second kappa shape index (κ2) is 8.07. The topological polar surface area (TPSA) is 59.1 Å². The van der Waals surface area contributed by atoms with E-state index < -0.39 is 11.3 Å². The number of fused-ring (bicyclic) bond motifs is 1. The average Bonchev–Trinajstić information content (AvgIpc) is 3.11. The van der Waals surface area contributed by atoms with E-state index in [2.05, 4.69) is 4.90 Å². The molecular formula is C23H25FN2O4. The Hall–Kier alpha value is -2.93. The third-order valence-corrected chi connectivity index (χ3v) is 5.91. The van der Waals surface area contributed by atoms with E-state index in [0.717, 1.165) is 0 Å². The first kappa shape index (κ1) is 20.3. The quantitative estimate of drug-likeness (QED) is 0.755. The molecule has 2 aliphatic rings. The zero-order valence-electron chi connectivity index (χ0n) is 17.1. The van der Waals surface area contributed by atoms with Gasteiger partial charge in [-0.25, -0.2) is 4.39 Å². The van der Waals surface area contributed by atoms with Crippen molar-refractivity contribution in [3.8, 4) is 11.5 Å². The van der Waals surface area contributed by atoms with Crippen molar-refractivity contribution >= 4 is 11.7 Å². The van der Waals surface area contributed by atoms with Crippen molar-refractivity contribution in [1.29, 1.82) is 0 Å². The number of amides is 1. The zero-order valence-corrected chi connectivity index (χ0v) is 17.1. The number of hydrogen-bond acceptors (Lipinski definition) is 5.